The van der Waals surface area contributed by atoms with Crippen LogP contribution in [-0.2, 0) is 13.0 Å². The van der Waals surface area contributed by atoms with Gasteiger partial charge in [-0.05, 0) is 34.9 Å². The van der Waals surface area contributed by atoms with Gasteiger partial charge < -0.3 is 19.3 Å². The molecule has 0 aliphatic carbocycles. The van der Waals surface area contributed by atoms with Crippen molar-refractivity contribution in [3.63, 3.8) is 0 Å². The summed E-state index contributed by atoms with van der Waals surface area (Å²) in [5, 5.41) is 10.4. The lowest BCUT2D eigenvalue weighted by Crippen LogP contribution is -2.10. The van der Waals surface area contributed by atoms with Crippen LogP contribution in [0.3, 0.4) is 0 Å². The number of hydrogen-bond donors (Lipinski definition) is 1. The molecule has 1 heterocycles. The Morgan fingerprint density at radius 3 is 2.41 bits per heavy atom. The van der Waals surface area contributed by atoms with Gasteiger partial charge in [-0.15, -0.1) is 0 Å². The summed E-state index contributed by atoms with van der Waals surface area (Å²) in [5.74, 6) is 2.03. The van der Waals surface area contributed by atoms with Gasteiger partial charge >= 0.3 is 0 Å². The van der Waals surface area contributed by atoms with E-state index in [1.807, 2.05) is 72.8 Å². The first-order valence-corrected chi connectivity index (χ1v) is 8.77. The third-order valence-corrected chi connectivity index (χ3v) is 4.56. The van der Waals surface area contributed by atoms with E-state index in [2.05, 4.69) is 0 Å². The highest BCUT2D eigenvalue weighted by molar-refractivity contribution is 5.72. The molecule has 0 atom stereocenters. The second kappa shape index (κ2) is 7.46. The Labute approximate surface area is 158 Å². The smallest absolute Gasteiger partial charge is 0.286 e. The van der Waals surface area contributed by atoms with Gasteiger partial charge in [-0.3, -0.25) is 0 Å². The molecule has 0 aromatic heterocycles. The lowest BCUT2D eigenvalue weighted by atomic mass is 9.96. The van der Waals surface area contributed by atoms with Crippen LogP contribution in [0.5, 0.6) is 17.2 Å². The molecule has 0 radical (unpaired) electrons. The molecule has 0 amide bonds. The van der Waals surface area contributed by atoms with E-state index in [9.17, 15) is 5.11 Å². The van der Waals surface area contributed by atoms with E-state index in [-0.39, 0.29) is 5.95 Å². The lowest BCUT2D eigenvalue weighted by Gasteiger charge is -2.21. The number of aliphatic hydroxyl groups excluding tert-OH is 1. The van der Waals surface area contributed by atoms with Crippen molar-refractivity contribution in [1.29, 1.82) is 0 Å². The van der Waals surface area contributed by atoms with Crippen LogP contribution in [0.2, 0.25) is 0 Å². The maximum absolute atomic E-state index is 10.4. The van der Waals surface area contributed by atoms with Gasteiger partial charge in [-0.2, -0.15) is 0 Å². The summed E-state index contributed by atoms with van der Waals surface area (Å²) in [6.45, 7) is 0.485. The normalized spacial score (nSPS) is 12.9. The summed E-state index contributed by atoms with van der Waals surface area (Å²) in [4.78, 5) is 0. The molecule has 0 saturated carbocycles. The van der Waals surface area contributed by atoms with Crippen molar-refractivity contribution >= 4 is 5.57 Å². The third-order valence-electron chi connectivity index (χ3n) is 4.56. The van der Waals surface area contributed by atoms with Gasteiger partial charge in [0.25, 0.3) is 5.95 Å². The summed E-state index contributed by atoms with van der Waals surface area (Å²) >= 11 is 0. The molecule has 0 spiro atoms. The fourth-order valence-electron chi connectivity index (χ4n) is 3.06. The molecule has 1 N–H and O–H groups in total. The van der Waals surface area contributed by atoms with Crippen molar-refractivity contribution < 1.29 is 19.3 Å². The lowest BCUT2D eigenvalue weighted by molar-refractivity contribution is 0.204. The quantitative estimate of drug-likeness (QED) is 0.685. The molecule has 0 fully saturated rings. The Bertz CT molecular complexity index is 959. The summed E-state index contributed by atoms with van der Waals surface area (Å²) in [5.41, 5.74) is 3.76. The zero-order chi connectivity index (χ0) is 18.6. The van der Waals surface area contributed by atoms with E-state index in [1.54, 1.807) is 7.11 Å². The van der Waals surface area contributed by atoms with E-state index in [4.69, 9.17) is 14.2 Å². The molecule has 0 bridgehead atoms. The van der Waals surface area contributed by atoms with Crippen LogP contribution in [0.15, 0.2) is 78.7 Å². The van der Waals surface area contributed by atoms with Crippen molar-refractivity contribution in [3.05, 3.63) is 95.4 Å². The molecular weight excluding hydrogens is 340 g/mol. The van der Waals surface area contributed by atoms with Crippen molar-refractivity contribution in [1.82, 2.24) is 0 Å². The maximum Gasteiger partial charge on any atom is 0.286 e. The first kappa shape index (κ1) is 17.0. The number of allylic oxidation sites excluding steroid dienone is 1. The standard InChI is InChI=1S/C23H20O4/c1-25-19-10-7-17(8-11-19)21-13-18-9-12-20(14-22(18)27-23(21)24)26-15-16-5-3-2-4-6-16/h2-12,14,24H,13,15H2,1H3. The molecule has 3 aromatic rings. The Morgan fingerprint density at radius 2 is 1.67 bits per heavy atom. The van der Waals surface area contributed by atoms with E-state index in [1.165, 1.54) is 0 Å². The van der Waals surface area contributed by atoms with Crippen LogP contribution in [0.4, 0.5) is 0 Å². The van der Waals surface area contributed by atoms with Gasteiger partial charge in [-0.1, -0.05) is 48.5 Å². The predicted molar refractivity (Wildman–Crippen MR) is 104 cm³/mol. The van der Waals surface area contributed by atoms with Crippen LogP contribution in [-0.4, -0.2) is 12.2 Å². The van der Waals surface area contributed by atoms with Gasteiger partial charge in [0, 0.05) is 18.1 Å². The molecule has 27 heavy (non-hydrogen) atoms. The van der Waals surface area contributed by atoms with E-state index in [0.29, 0.717) is 24.5 Å². The Kier molecular flexibility index (Phi) is 4.71. The summed E-state index contributed by atoms with van der Waals surface area (Å²) < 4.78 is 16.7. The number of hydrogen-bond acceptors (Lipinski definition) is 4. The Balaban J connectivity index is 1.51. The van der Waals surface area contributed by atoms with Gasteiger partial charge in [0.15, 0.2) is 0 Å². The highest BCUT2D eigenvalue weighted by Crippen LogP contribution is 2.36. The van der Waals surface area contributed by atoms with Crippen molar-refractivity contribution in [2.45, 2.75) is 13.0 Å². The van der Waals surface area contributed by atoms with Crippen molar-refractivity contribution in [3.8, 4) is 17.2 Å². The summed E-state index contributed by atoms with van der Waals surface area (Å²) in [7, 11) is 1.63. The first-order chi connectivity index (χ1) is 13.2. The Hall–Kier alpha value is -3.40. The van der Waals surface area contributed by atoms with E-state index < -0.39 is 0 Å². The van der Waals surface area contributed by atoms with Gasteiger partial charge in [-0.25, -0.2) is 0 Å². The zero-order valence-corrected chi connectivity index (χ0v) is 15.0. The van der Waals surface area contributed by atoms with Crippen LogP contribution in [0.25, 0.3) is 5.57 Å². The molecule has 4 rings (SSSR count). The first-order valence-electron chi connectivity index (χ1n) is 8.77. The van der Waals surface area contributed by atoms with E-state index >= 15 is 0 Å². The molecule has 4 nitrogen and oxygen atoms in total. The van der Waals surface area contributed by atoms with Crippen LogP contribution in [0.1, 0.15) is 16.7 Å². The minimum Gasteiger partial charge on any atom is -0.497 e. The largest absolute Gasteiger partial charge is 0.497 e. The molecular formula is C23H20O4. The fourth-order valence-corrected chi connectivity index (χ4v) is 3.06. The monoisotopic (exact) mass is 360 g/mol. The number of benzene rings is 3. The average Bonchev–Trinajstić information content (AvgIpc) is 2.72. The highest BCUT2D eigenvalue weighted by atomic mass is 16.6. The van der Waals surface area contributed by atoms with E-state index in [0.717, 1.165) is 28.0 Å². The minimum absolute atomic E-state index is 0.0760. The van der Waals surface area contributed by atoms with Crippen molar-refractivity contribution in [2.75, 3.05) is 7.11 Å². The molecule has 1 aliphatic heterocycles. The van der Waals surface area contributed by atoms with Crippen LogP contribution < -0.4 is 14.2 Å². The molecule has 136 valence electrons. The fraction of sp³-hybridized carbons (Fsp3) is 0.130. The van der Waals surface area contributed by atoms with Gasteiger partial charge in [0.2, 0.25) is 0 Å². The average molecular weight is 360 g/mol. The predicted octanol–water partition coefficient (Wildman–Crippen LogP) is 5.14. The SMILES string of the molecule is COc1ccc(C2=C(O)Oc3cc(OCc4ccccc4)ccc3C2)cc1. The summed E-state index contributed by atoms with van der Waals surface area (Å²) in [6, 6.07) is 23.3. The van der Waals surface area contributed by atoms with Crippen molar-refractivity contribution in [2.24, 2.45) is 0 Å². The molecule has 4 heteroatoms. The molecule has 0 unspecified atom stereocenters. The van der Waals surface area contributed by atoms with Crippen LogP contribution >= 0.6 is 0 Å². The molecule has 1 aliphatic rings. The second-order valence-electron chi connectivity index (χ2n) is 6.33. The topological polar surface area (TPSA) is 47.9 Å². The number of methoxy groups -OCH3 is 1. The number of fused-ring (bicyclic) bond motifs is 1. The number of ether oxygens (including phenoxy) is 3. The van der Waals surface area contributed by atoms with Gasteiger partial charge in [0.1, 0.15) is 23.9 Å². The minimum atomic E-state index is -0.0760. The van der Waals surface area contributed by atoms with Gasteiger partial charge in [0.05, 0.1) is 7.11 Å². The molecule has 3 aromatic carbocycles. The van der Waals surface area contributed by atoms with Crippen LogP contribution in [0, 0.1) is 0 Å². The highest BCUT2D eigenvalue weighted by Gasteiger charge is 2.21. The molecule has 0 saturated heterocycles. The second-order valence-corrected chi connectivity index (χ2v) is 6.33. The zero-order valence-electron chi connectivity index (χ0n) is 15.0. The maximum atomic E-state index is 10.4. The summed E-state index contributed by atoms with van der Waals surface area (Å²) in [6.07, 6.45) is 0.590. The Morgan fingerprint density at radius 1 is 0.926 bits per heavy atom. The third kappa shape index (κ3) is 3.75. The number of rotatable bonds is 5. The number of aliphatic hydroxyl groups is 1.